The van der Waals surface area contributed by atoms with E-state index in [4.69, 9.17) is 9.47 Å². The Bertz CT molecular complexity index is 1320. The lowest BCUT2D eigenvalue weighted by atomic mass is 9.68. The zero-order valence-corrected chi connectivity index (χ0v) is 21.3. The van der Waals surface area contributed by atoms with Crippen molar-refractivity contribution in [2.75, 3.05) is 40.9 Å². The molecule has 0 heterocycles. The molecule has 2 aliphatic rings. The van der Waals surface area contributed by atoms with Gasteiger partial charge in [0.15, 0.2) is 18.2 Å². The minimum atomic E-state index is -1.02. The van der Waals surface area contributed by atoms with Crippen LogP contribution < -0.4 is 10.1 Å². The number of nitrogens with zero attached hydrogens (tertiary/aromatic N) is 1. The number of fused-ring (bicyclic) bond motifs is 3. The number of amides is 1. The summed E-state index contributed by atoms with van der Waals surface area (Å²) in [5, 5.41) is 25.2. The van der Waals surface area contributed by atoms with Gasteiger partial charge >= 0.3 is 6.09 Å². The molecule has 0 aromatic heterocycles. The number of Topliss-reactive ketones (excluding diaryl/α,β-unsaturated/α-hetero) is 1. The Morgan fingerprint density at radius 1 is 1.08 bits per heavy atom. The maximum atomic E-state index is 13.4. The molecule has 0 saturated carbocycles. The lowest BCUT2D eigenvalue weighted by Crippen LogP contribution is -2.39. The molecule has 0 unspecified atom stereocenters. The van der Waals surface area contributed by atoms with Gasteiger partial charge in [-0.05, 0) is 32.4 Å². The van der Waals surface area contributed by atoms with E-state index in [2.05, 4.69) is 5.32 Å². The van der Waals surface area contributed by atoms with Crippen LogP contribution in [0.4, 0.5) is 4.79 Å². The summed E-state index contributed by atoms with van der Waals surface area (Å²) in [5.41, 5.74) is -0.890. The summed E-state index contributed by atoms with van der Waals surface area (Å²) >= 11 is 0. The van der Waals surface area contributed by atoms with Crippen LogP contribution in [0.5, 0.6) is 17.2 Å². The van der Waals surface area contributed by atoms with Crippen molar-refractivity contribution in [1.82, 2.24) is 10.2 Å². The van der Waals surface area contributed by atoms with Crippen LogP contribution in [0.3, 0.4) is 0 Å². The average Bonchev–Trinajstić information content (AvgIpc) is 2.89. The number of carbonyl (C=O) groups excluding carboxylic acids is 4. The van der Waals surface area contributed by atoms with E-state index in [1.54, 1.807) is 33.2 Å². The van der Waals surface area contributed by atoms with E-state index < -0.39 is 35.4 Å². The third-order valence-electron chi connectivity index (χ3n) is 7.33. The van der Waals surface area contributed by atoms with Crippen LogP contribution in [-0.2, 0) is 22.4 Å². The summed E-state index contributed by atoms with van der Waals surface area (Å²) in [6.45, 7) is 2.23. The Morgan fingerprint density at radius 3 is 2.43 bits per heavy atom. The van der Waals surface area contributed by atoms with Gasteiger partial charge in [0, 0.05) is 42.2 Å². The maximum absolute atomic E-state index is 13.4. The molecule has 196 valence electrons. The predicted octanol–water partition coefficient (Wildman–Crippen LogP) is 2.23. The minimum absolute atomic E-state index is 0.00736. The van der Waals surface area contributed by atoms with E-state index in [9.17, 15) is 29.4 Å². The quantitative estimate of drug-likeness (QED) is 0.408. The van der Waals surface area contributed by atoms with E-state index in [-0.39, 0.29) is 57.9 Å². The molecule has 0 fully saturated rings. The molecule has 0 radical (unpaired) electrons. The SMILES string of the molecule is CNCCN(C)C(=O)OCC(=O)[C@@]1(C)CCc2c(O)c3c(c(O)c2C1)C(=O)c1cccc(OC)c1C3=O. The molecule has 2 aromatic carbocycles. The molecular formula is C27H30N2O8. The number of nitrogens with one attached hydrogen (secondary N) is 1. The summed E-state index contributed by atoms with van der Waals surface area (Å²) < 4.78 is 10.5. The van der Waals surface area contributed by atoms with Crippen molar-refractivity contribution in [2.24, 2.45) is 5.41 Å². The van der Waals surface area contributed by atoms with Gasteiger partial charge in [0.05, 0.1) is 23.8 Å². The number of ketones is 3. The first kappa shape index (κ1) is 26.2. The number of phenolic OH excluding ortho intramolecular Hbond substituents is 2. The number of likely N-dealkylation sites (N-methyl/N-ethyl adjacent to an activating group) is 2. The van der Waals surface area contributed by atoms with Gasteiger partial charge in [0.25, 0.3) is 0 Å². The summed E-state index contributed by atoms with van der Waals surface area (Å²) in [6.07, 6.45) is -0.149. The Morgan fingerprint density at radius 2 is 1.76 bits per heavy atom. The smallest absolute Gasteiger partial charge is 0.409 e. The highest BCUT2D eigenvalue weighted by molar-refractivity contribution is 6.31. The van der Waals surface area contributed by atoms with Gasteiger partial charge < -0.3 is 29.9 Å². The minimum Gasteiger partial charge on any atom is -0.507 e. The molecule has 3 N–H and O–H groups in total. The van der Waals surface area contributed by atoms with Crippen molar-refractivity contribution >= 4 is 23.4 Å². The van der Waals surface area contributed by atoms with Gasteiger partial charge in [-0.1, -0.05) is 19.1 Å². The largest absolute Gasteiger partial charge is 0.507 e. The predicted molar refractivity (Wildman–Crippen MR) is 133 cm³/mol. The highest BCUT2D eigenvalue weighted by Crippen LogP contribution is 2.49. The molecule has 0 saturated heterocycles. The Labute approximate surface area is 214 Å². The molecule has 0 bridgehead atoms. The topological polar surface area (TPSA) is 142 Å². The fraction of sp³-hybridized carbons (Fsp3) is 0.407. The molecule has 2 aromatic rings. The van der Waals surface area contributed by atoms with Crippen molar-refractivity contribution in [3.63, 3.8) is 0 Å². The van der Waals surface area contributed by atoms with Crippen LogP contribution in [0.1, 0.15) is 56.3 Å². The van der Waals surface area contributed by atoms with E-state index in [0.717, 1.165) is 0 Å². The van der Waals surface area contributed by atoms with Crippen LogP contribution in [0.25, 0.3) is 0 Å². The van der Waals surface area contributed by atoms with Crippen LogP contribution >= 0.6 is 0 Å². The van der Waals surface area contributed by atoms with Gasteiger partial charge in [-0.3, -0.25) is 14.4 Å². The fourth-order valence-corrected chi connectivity index (χ4v) is 5.01. The third-order valence-corrected chi connectivity index (χ3v) is 7.33. The van der Waals surface area contributed by atoms with Gasteiger partial charge in [-0.2, -0.15) is 0 Å². The number of carbonyl (C=O) groups is 4. The fourth-order valence-electron chi connectivity index (χ4n) is 5.01. The van der Waals surface area contributed by atoms with Crippen molar-refractivity contribution in [3.05, 3.63) is 51.6 Å². The Balaban J connectivity index is 1.65. The first-order valence-corrected chi connectivity index (χ1v) is 12.0. The normalized spacial score (nSPS) is 17.9. The molecule has 0 aliphatic heterocycles. The standard InChI is InChI=1S/C27H30N2O8/c1-27(18(30)13-37-26(35)29(3)11-10-28-2)9-8-14-16(12-27)24(33)20-21(22(14)31)25(34)19-15(23(20)32)6-5-7-17(19)36-4/h5-7,28,31,33H,8-13H2,1-4H3/t27-/m0/s1. The van der Waals surface area contributed by atoms with Crippen LogP contribution in [0.15, 0.2) is 18.2 Å². The number of phenols is 2. The molecule has 37 heavy (non-hydrogen) atoms. The number of rotatable bonds is 7. The summed E-state index contributed by atoms with van der Waals surface area (Å²) in [4.78, 5) is 53.4. The van der Waals surface area contributed by atoms with Gasteiger partial charge in [-0.15, -0.1) is 0 Å². The zero-order chi connectivity index (χ0) is 27.1. The van der Waals surface area contributed by atoms with E-state index in [1.165, 1.54) is 18.1 Å². The van der Waals surface area contributed by atoms with E-state index >= 15 is 0 Å². The molecule has 10 nitrogen and oxygen atoms in total. The Kier molecular flexibility index (Phi) is 6.96. The second-order valence-corrected chi connectivity index (χ2v) is 9.69. The van der Waals surface area contributed by atoms with Crippen molar-refractivity contribution in [1.29, 1.82) is 0 Å². The summed E-state index contributed by atoms with van der Waals surface area (Å²) in [5.74, 6) is -2.17. The number of aromatic hydroxyl groups is 2. The van der Waals surface area contributed by atoms with Gasteiger partial charge in [0.2, 0.25) is 5.78 Å². The Hall–Kier alpha value is -3.92. The lowest BCUT2D eigenvalue weighted by molar-refractivity contribution is -0.131. The molecular weight excluding hydrogens is 480 g/mol. The van der Waals surface area contributed by atoms with Crippen molar-refractivity contribution in [2.45, 2.75) is 26.2 Å². The second-order valence-electron chi connectivity index (χ2n) is 9.69. The highest BCUT2D eigenvalue weighted by Gasteiger charge is 2.44. The molecule has 10 heteroatoms. The van der Waals surface area contributed by atoms with Gasteiger partial charge in [-0.25, -0.2) is 4.79 Å². The monoisotopic (exact) mass is 510 g/mol. The van der Waals surface area contributed by atoms with Crippen LogP contribution in [0, 0.1) is 5.41 Å². The number of hydrogen-bond acceptors (Lipinski definition) is 9. The third kappa shape index (κ3) is 4.31. The van der Waals surface area contributed by atoms with Crippen molar-refractivity contribution in [3.8, 4) is 17.2 Å². The first-order chi connectivity index (χ1) is 17.6. The lowest BCUT2D eigenvalue weighted by Gasteiger charge is -2.35. The molecule has 2 aliphatic carbocycles. The zero-order valence-electron chi connectivity index (χ0n) is 21.3. The molecule has 1 amide bonds. The van der Waals surface area contributed by atoms with E-state index in [1.807, 2.05) is 0 Å². The molecule has 1 atom stereocenters. The number of methoxy groups -OCH3 is 1. The van der Waals surface area contributed by atoms with Gasteiger partial charge in [0.1, 0.15) is 17.2 Å². The first-order valence-electron chi connectivity index (χ1n) is 12.0. The summed E-state index contributed by atoms with van der Waals surface area (Å²) in [7, 11) is 4.70. The maximum Gasteiger partial charge on any atom is 0.409 e. The van der Waals surface area contributed by atoms with Crippen LogP contribution in [-0.4, -0.2) is 79.5 Å². The summed E-state index contributed by atoms with van der Waals surface area (Å²) in [6, 6.07) is 4.58. The molecule has 0 spiro atoms. The number of ether oxygens (including phenoxy) is 2. The second kappa shape index (κ2) is 9.85. The number of benzene rings is 2. The molecule has 4 rings (SSSR count). The van der Waals surface area contributed by atoms with Crippen LogP contribution in [0.2, 0.25) is 0 Å². The number of hydrogen-bond donors (Lipinski definition) is 3. The van der Waals surface area contributed by atoms with Crippen molar-refractivity contribution < 1.29 is 38.9 Å². The average molecular weight is 511 g/mol. The van der Waals surface area contributed by atoms with E-state index in [0.29, 0.717) is 25.1 Å². The highest BCUT2D eigenvalue weighted by atomic mass is 16.6.